The van der Waals surface area contributed by atoms with E-state index in [1.165, 1.54) is 19.3 Å². The van der Waals surface area contributed by atoms with E-state index in [1.807, 2.05) is 4.90 Å². The van der Waals surface area contributed by atoms with Crippen molar-refractivity contribution in [1.82, 2.24) is 10.2 Å². The van der Waals surface area contributed by atoms with Crippen LogP contribution in [0.25, 0.3) is 0 Å². The van der Waals surface area contributed by atoms with Crippen LogP contribution < -0.4 is 11.1 Å². The van der Waals surface area contributed by atoms with Crippen molar-refractivity contribution in [2.75, 3.05) is 19.6 Å². The first kappa shape index (κ1) is 15.8. The first-order valence-electron chi connectivity index (χ1n) is 8.93. The quantitative estimate of drug-likeness (QED) is 0.821. The van der Waals surface area contributed by atoms with Gasteiger partial charge in [0.05, 0.1) is 6.54 Å². The monoisotopic (exact) mass is 307 g/mol. The van der Waals surface area contributed by atoms with Gasteiger partial charge in [0.15, 0.2) is 0 Å². The summed E-state index contributed by atoms with van der Waals surface area (Å²) in [5.41, 5.74) is 6.10. The first-order chi connectivity index (χ1) is 10.6. The van der Waals surface area contributed by atoms with Crippen molar-refractivity contribution < 1.29 is 9.59 Å². The summed E-state index contributed by atoms with van der Waals surface area (Å²) >= 11 is 0. The van der Waals surface area contributed by atoms with Gasteiger partial charge in [0, 0.05) is 25.6 Å². The van der Waals surface area contributed by atoms with Crippen molar-refractivity contribution >= 4 is 11.8 Å². The van der Waals surface area contributed by atoms with Crippen molar-refractivity contribution in [3.63, 3.8) is 0 Å². The Balaban J connectivity index is 1.38. The van der Waals surface area contributed by atoms with Gasteiger partial charge >= 0.3 is 0 Å². The van der Waals surface area contributed by atoms with Crippen molar-refractivity contribution in [3.05, 3.63) is 0 Å². The van der Waals surface area contributed by atoms with Gasteiger partial charge in [-0.3, -0.25) is 9.59 Å². The molecule has 3 fully saturated rings. The van der Waals surface area contributed by atoms with Crippen LogP contribution in [0.1, 0.15) is 51.4 Å². The fourth-order valence-electron chi connectivity index (χ4n) is 4.52. The molecule has 0 bridgehead atoms. The lowest BCUT2D eigenvalue weighted by molar-refractivity contribution is -0.132. The Bertz CT molecular complexity index is 420. The topological polar surface area (TPSA) is 75.4 Å². The average molecular weight is 307 g/mol. The van der Waals surface area contributed by atoms with Crippen LogP contribution in [0.3, 0.4) is 0 Å². The molecule has 1 heterocycles. The normalized spacial score (nSPS) is 32.0. The van der Waals surface area contributed by atoms with Gasteiger partial charge in [-0.05, 0) is 43.4 Å². The molecule has 1 saturated heterocycles. The molecule has 124 valence electrons. The number of hydrogen-bond acceptors (Lipinski definition) is 3. The van der Waals surface area contributed by atoms with E-state index >= 15 is 0 Å². The van der Waals surface area contributed by atoms with E-state index in [0.29, 0.717) is 24.2 Å². The highest BCUT2D eigenvalue weighted by Crippen LogP contribution is 2.37. The summed E-state index contributed by atoms with van der Waals surface area (Å²) in [7, 11) is 0. The smallest absolute Gasteiger partial charge is 0.241 e. The predicted molar refractivity (Wildman–Crippen MR) is 85.0 cm³/mol. The van der Waals surface area contributed by atoms with E-state index in [2.05, 4.69) is 5.32 Å². The molecule has 3 atom stereocenters. The SMILES string of the molecule is NC1CCC2CN(C(=O)CNC(=O)CC3CCCCC3)CC12. The number of amides is 2. The molecule has 3 unspecified atom stereocenters. The van der Waals surface area contributed by atoms with E-state index in [4.69, 9.17) is 5.73 Å². The molecule has 2 aliphatic carbocycles. The van der Waals surface area contributed by atoms with Crippen LogP contribution in [0.15, 0.2) is 0 Å². The van der Waals surface area contributed by atoms with Gasteiger partial charge < -0.3 is 16.0 Å². The van der Waals surface area contributed by atoms with Crippen LogP contribution >= 0.6 is 0 Å². The second-order valence-electron chi connectivity index (χ2n) is 7.45. The lowest BCUT2D eigenvalue weighted by atomic mass is 9.87. The standard InChI is InChI=1S/C17H29N3O2/c18-15-7-6-13-10-20(11-14(13)15)17(22)9-19-16(21)8-12-4-2-1-3-5-12/h12-15H,1-11,18H2,(H,19,21). The highest BCUT2D eigenvalue weighted by atomic mass is 16.2. The zero-order valence-electron chi connectivity index (χ0n) is 13.4. The lowest BCUT2D eigenvalue weighted by Crippen LogP contribution is -2.40. The fourth-order valence-corrected chi connectivity index (χ4v) is 4.52. The van der Waals surface area contributed by atoms with Crippen molar-refractivity contribution in [1.29, 1.82) is 0 Å². The predicted octanol–water partition coefficient (Wildman–Crippen LogP) is 1.27. The average Bonchev–Trinajstić information content (AvgIpc) is 3.08. The van der Waals surface area contributed by atoms with Crippen molar-refractivity contribution in [2.45, 2.75) is 57.4 Å². The Hall–Kier alpha value is -1.10. The van der Waals surface area contributed by atoms with Crippen LogP contribution in [0.4, 0.5) is 0 Å². The lowest BCUT2D eigenvalue weighted by Gasteiger charge is -2.22. The minimum absolute atomic E-state index is 0.0383. The molecule has 5 heteroatoms. The molecule has 0 spiro atoms. The zero-order chi connectivity index (χ0) is 15.5. The molecule has 3 rings (SSSR count). The molecular formula is C17H29N3O2. The number of nitrogens with zero attached hydrogens (tertiary/aromatic N) is 1. The third-order valence-corrected chi connectivity index (χ3v) is 5.90. The Morgan fingerprint density at radius 2 is 1.82 bits per heavy atom. The number of carbonyl (C=O) groups excluding carboxylic acids is 2. The molecule has 0 aromatic heterocycles. The molecule has 2 amide bonds. The molecule has 1 aliphatic heterocycles. The second kappa shape index (κ2) is 6.99. The molecule has 22 heavy (non-hydrogen) atoms. The molecular weight excluding hydrogens is 278 g/mol. The van der Waals surface area contributed by atoms with Gasteiger partial charge in [0.1, 0.15) is 0 Å². The van der Waals surface area contributed by atoms with Crippen LogP contribution in [0.5, 0.6) is 0 Å². The summed E-state index contributed by atoms with van der Waals surface area (Å²) in [6.45, 7) is 1.76. The van der Waals surface area contributed by atoms with E-state index < -0.39 is 0 Å². The molecule has 0 radical (unpaired) electrons. The summed E-state index contributed by atoms with van der Waals surface area (Å²) in [6, 6.07) is 0.253. The third kappa shape index (κ3) is 3.62. The second-order valence-corrected chi connectivity index (χ2v) is 7.45. The summed E-state index contributed by atoms with van der Waals surface area (Å²) in [4.78, 5) is 26.1. The highest BCUT2D eigenvalue weighted by Gasteiger charge is 2.42. The minimum atomic E-state index is 0.0383. The number of hydrogen-bond donors (Lipinski definition) is 2. The van der Waals surface area contributed by atoms with Crippen LogP contribution in [0, 0.1) is 17.8 Å². The molecule has 5 nitrogen and oxygen atoms in total. The summed E-state index contributed by atoms with van der Waals surface area (Å²) < 4.78 is 0. The van der Waals surface area contributed by atoms with Crippen molar-refractivity contribution in [2.24, 2.45) is 23.5 Å². The van der Waals surface area contributed by atoms with Gasteiger partial charge in [-0.1, -0.05) is 19.3 Å². The Labute approximate surface area is 133 Å². The Kier molecular flexibility index (Phi) is 5.01. The number of fused-ring (bicyclic) bond motifs is 1. The van der Waals surface area contributed by atoms with E-state index in [1.54, 1.807) is 0 Å². The maximum Gasteiger partial charge on any atom is 0.241 e. The van der Waals surface area contributed by atoms with E-state index in [0.717, 1.165) is 38.8 Å². The Morgan fingerprint density at radius 1 is 1.05 bits per heavy atom. The van der Waals surface area contributed by atoms with Gasteiger partial charge in [0.2, 0.25) is 11.8 Å². The summed E-state index contributed by atoms with van der Waals surface area (Å²) in [6.07, 6.45) is 8.93. The van der Waals surface area contributed by atoms with Gasteiger partial charge in [-0.25, -0.2) is 0 Å². The van der Waals surface area contributed by atoms with E-state index in [-0.39, 0.29) is 24.4 Å². The summed E-state index contributed by atoms with van der Waals surface area (Å²) in [5.74, 6) is 1.67. The summed E-state index contributed by atoms with van der Waals surface area (Å²) in [5, 5.41) is 2.82. The van der Waals surface area contributed by atoms with Crippen LogP contribution in [-0.4, -0.2) is 42.4 Å². The Morgan fingerprint density at radius 3 is 2.55 bits per heavy atom. The van der Waals surface area contributed by atoms with Gasteiger partial charge in [-0.15, -0.1) is 0 Å². The molecule has 0 aromatic carbocycles. The van der Waals surface area contributed by atoms with Crippen LogP contribution in [-0.2, 0) is 9.59 Å². The number of nitrogens with two attached hydrogens (primary N) is 1. The first-order valence-corrected chi connectivity index (χ1v) is 8.93. The number of rotatable bonds is 4. The van der Waals surface area contributed by atoms with Gasteiger partial charge in [0.25, 0.3) is 0 Å². The zero-order valence-corrected chi connectivity index (χ0v) is 13.4. The number of nitrogens with one attached hydrogen (secondary N) is 1. The fraction of sp³-hybridized carbons (Fsp3) is 0.882. The maximum absolute atomic E-state index is 12.3. The molecule has 3 N–H and O–H groups in total. The number of likely N-dealkylation sites (tertiary alicyclic amines) is 1. The van der Waals surface area contributed by atoms with E-state index in [9.17, 15) is 9.59 Å². The molecule has 0 aromatic rings. The third-order valence-electron chi connectivity index (χ3n) is 5.90. The van der Waals surface area contributed by atoms with Gasteiger partial charge in [-0.2, -0.15) is 0 Å². The largest absolute Gasteiger partial charge is 0.347 e. The van der Waals surface area contributed by atoms with Crippen LogP contribution in [0.2, 0.25) is 0 Å². The molecule has 3 aliphatic rings. The van der Waals surface area contributed by atoms with Crippen molar-refractivity contribution in [3.8, 4) is 0 Å². The highest BCUT2D eigenvalue weighted by molar-refractivity contribution is 5.85. The number of carbonyl (C=O) groups is 2. The minimum Gasteiger partial charge on any atom is -0.347 e. The maximum atomic E-state index is 12.3. The molecule has 2 saturated carbocycles.